The van der Waals surface area contributed by atoms with E-state index in [2.05, 4.69) is 44.1 Å². The number of thioether (sulfide) groups is 1. The van der Waals surface area contributed by atoms with Crippen molar-refractivity contribution in [3.63, 3.8) is 0 Å². The lowest BCUT2D eigenvalue weighted by atomic mass is 9.87. The van der Waals surface area contributed by atoms with E-state index in [-0.39, 0.29) is 16.2 Å². The number of nitrogens with one attached hydrogen (secondary N) is 1. The van der Waals surface area contributed by atoms with Gasteiger partial charge in [-0.3, -0.25) is 4.79 Å². The Morgan fingerprint density at radius 1 is 1.06 bits per heavy atom. The molecule has 2 rings (SSSR count). The summed E-state index contributed by atoms with van der Waals surface area (Å²) >= 11 is 1.31. The summed E-state index contributed by atoms with van der Waals surface area (Å²) in [6, 6.07) is 0.0242. The first-order valence-electron chi connectivity index (χ1n) is 13.5. The van der Waals surface area contributed by atoms with Gasteiger partial charge in [0.1, 0.15) is 0 Å². The molecule has 0 unspecified atom stereocenters. The fourth-order valence-corrected chi connectivity index (χ4v) is 6.73. The molecule has 0 spiro atoms. The number of hydrogen-bond acceptors (Lipinski definition) is 5. The fourth-order valence-electron chi connectivity index (χ4n) is 4.71. The zero-order valence-electron chi connectivity index (χ0n) is 22.8. The van der Waals surface area contributed by atoms with Crippen LogP contribution >= 0.6 is 11.8 Å². The van der Waals surface area contributed by atoms with E-state index < -0.39 is 8.32 Å². The highest BCUT2D eigenvalue weighted by Crippen LogP contribution is 2.38. The van der Waals surface area contributed by atoms with E-state index in [1.807, 2.05) is 4.90 Å². The lowest BCUT2D eigenvalue weighted by Gasteiger charge is -2.42. The number of carbonyl (C=O) groups excluding carboxylic acids is 2. The van der Waals surface area contributed by atoms with Crippen LogP contribution in [0.1, 0.15) is 79.1 Å². The quantitative estimate of drug-likeness (QED) is 0.357. The van der Waals surface area contributed by atoms with E-state index in [9.17, 15) is 9.59 Å². The van der Waals surface area contributed by atoms with Gasteiger partial charge in [0, 0.05) is 58.0 Å². The van der Waals surface area contributed by atoms with E-state index >= 15 is 0 Å². The Labute approximate surface area is 214 Å². The highest BCUT2D eigenvalue weighted by Gasteiger charge is 2.39. The van der Waals surface area contributed by atoms with Crippen LogP contribution in [-0.4, -0.2) is 80.4 Å². The number of rotatable bonds is 11. The molecule has 1 aliphatic heterocycles. The van der Waals surface area contributed by atoms with Gasteiger partial charge in [0.15, 0.2) is 13.4 Å². The first-order valence-corrected chi connectivity index (χ1v) is 17.4. The second-order valence-electron chi connectivity index (χ2n) is 11.8. The van der Waals surface area contributed by atoms with Crippen LogP contribution in [-0.2, 0) is 9.22 Å². The molecule has 0 aromatic rings. The minimum atomic E-state index is -1.71. The molecule has 0 radical (unpaired) electrons. The highest BCUT2D eigenvalue weighted by molar-refractivity contribution is 8.13. The molecule has 1 saturated heterocycles. The Morgan fingerprint density at radius 2 is 1.71 bits per heavy atom. The predicted molar refractivity (Wildman–Crippen MR) is 147 cm³/mol. The molecule has 1 heterocycles. The Kier molecular flexibility index (Phi) is 12.4. The Morgan fingerprint density at radius 3 is 2.29 bits per heavy atom. The van der Waals surface area contributed by atoms with Gasteiger partial charge in [-0.2, -0.15) is 0 Å². The monoisotopic (exact) mass is 513 g/mol. The molecule has 2 aliphatic rings. The lowest BCUT2D eigenvalue weighted by Crippen LogP contribution is -2.49. The smallest absolute Gasteiger partial charge is 0.317 e. The van der Waals surface area contributed by atoms with Crippen LogP contribution < -0.4 is 5.32 Å². The molecule has 198 valence electrons. The van der Waals surface area contributed by atoms with Crippen molar-refractivity contribution < 1.29 is 14.0 Å². The molecule has 0 aromatic heterocycles. The number of urea groups is 1. The third-order valence-electron chi connectivity index (χ3n) is 7.99. The number of likely N-dealkylation sites (tertiary alicyclic amines) is 1. The topological polar surface area (TPSA) is 61.9 Å². The number of piperidine rings is 1. The fraction of sp³-hybridized carbons (Fsp3) is 0.923. The molecule has 2 fully saturated rings. The standard InChI is InChI=1S/C26H51N3O3SSi/c1-22(30)33-21-20-29(18-12-23-10-8-7-9-11-23)25(31)27-15-19-28-16-13-24(14-17-28)32-34(5,6)26(2,3)4/h23-24H,7-21H2,1-6H3,(H,27,31). The van der Waals surface area contributed by atoms with Crippen LogP contribution in [0, 0.1) is 5.92 Å². The van der Waals surface area contributed by atoms with Gasteiger partial charge in [0.05, 0.1) is 0 Å². The zero-order chi connectivity index (χ0) is 25.2. The number of nitrogens with zero attached hydrogens (tertiary/aromatic N) is 2. The van der Waals surface area contributed by atoms with Crippen molar-refractivity contribution in [1.29, 1.82) is 0 Å². The average molecular weight is 514 g/mol. The zero-order valence-corrected chi connectivity index (χ0v) is 24.6. The molecule has 1 N–H and O–H groups in total. The third kappa shape index (κ3) is 10.6. The molecule has 0 atom stereocenters. The van der Waals surface area contributed by atoms with Crippen molar-refractivity contribution in [2.24, 2.45) is 5.92 Å². The minimum Gasteiger partial charge on any atom is -0.414 e. The summed E-state index contributed by atoms with van der Waals surface area (Å²) in [7, 11) is -1.71. The summed E-state index contributed by atoms with van der Waals surface area (Å²) in [5, 5.41) is 3.52. The Hall–Kier alpha value is -0.573. The summed E-state index contributed by atoms with van der Waals surface area (Å²) in [6.07, 6.45) is 10.2. The maximum Gasteiger partial charge on any atom is 0.317 e. The van der Waals surface area contributed by atoms with Crippen molar-refractivity contribution in [3.05, 3.63) is 0 Å². The lowest BCUT2D eigenvalue weighted by molar-refractivity contribution is -0.109. The van der Waals surface area contributed by atoms with Crippen LogP contribution in [0.4, 0.5) is 4.79 Å². The molecule has 8 heteroatoms. The third-order valence-corrected chi connectivity index (χ3v) is 13.3. The molecular formula is C26H51N3O3SSi. The van der Waals surface area contributed by atoms with Crippen LogP contribution in [0.2, 0.25) is 18.1 Å². The summed E-state index contributed by atoms with van der Waals surface area (Å²) in [6.45, 7) is 18.2. The van der Waals surface area contributed by atoms with Crippen LogP contribution in [0.3, 0.4) is 0 Å². The van der Waals surface area contributed by atoms with E-state index in [0.717, 1.165) is 51.4 Å². The van der Waals surface area contributed by atoms with Crippen LogP contribution in [0.25, 0.3) is 0 Å². The molecular weight excluding hydrogens is 462 g/mol. The molecule has 34 heavy (non-hydrogen) atoms. The van der Waals surface area contributed by atoms with Gasteiger partial charge in [-0.1, -0.05) is 64.6 Å². The van der Waals surface area contributed by atoms with Crippen molar-refractivity contribution in [2.45, 2.75) is 103 Å². The van der Waals surface area contributed by atoms with Crippen molar-refractivity contribution in [1.82, 2.24) is 15.1 Å². The van der Waals surface area contributed by atoms with Gasteiger partial charge >= 0.3 is 6.03 Å². The number of hydrogen-bond donors (Lipinski definition) is 1. The van der Waals surface area contributed by atoms with Crippen molar-refractivity contribution >= 4 is 31.2 Å². The van der Waals surface area contributed by atoms with Crippen LogP contribution in [0.15, 0.2) is 0 Å². The summed E-state index contributed by atoms with van der Waals surface area (Å²) in [4.78, 5) is 28.6. The summed E-state index contributed by atoms with van der Waals surface area (Å²) in [5.41, 5.74) is 0. The van der Waals surface area contributed by atoms with Gasteiger partial charge in [-0.15, -0.1) is 0 Å². The van der Waals surface area contributed by atoms with E-state index in [1.54, 1.807) is 6.92 Å². The SMILES string of the molecule is CC(=O)SCCN(CCC1CCCCC1)C(=O)NCCN1CCC(O[Si](C)(C)C(C)(C)C)CC1. The highest BCUT2D eigenvalue weighted by atomic mass is 32.2. The number of amides is 2. The molecule has 2 amide bonds. The van der Waals surface area contributed by atoms with Gasteiger partial charge in [-0.05, 0) is 43.3 Å². The summed E-state index contributed by atoms with van der Waals surface area (Å²) < 4.78 is 6.61. The molecule has 0 bridgehead atoms. The van der Waals surface area contributed by atoms with E-state index in [0.29, 0.717) is 24.9 Å². The Bertz CT molecular complexity index is 627. The van der Waals surface area contributed by atoms with E-state index in [4.69, 9.17) is 4.43 Å². The van der Waals surface area contributed by atoms with Gasteiger partial charge in [0.25, 0.3) is 0 Å². The molecule has 1 aliphatic carbocycles. The molecule has 0 aromatic carbocycles. The first-order chi connectivity index (χ1) is 16.0. The largest absolute Gasteiger partial charge is 0.414 e. The first kappa shape index (κ1) is 29.7. The molecule has 6 nitrogen and oxygen atoms in total. The molecule has 1 saturated carbocycles. The summed E-state index contributed by atoms with van der Waals surface area (Å²) in [5.74, 6) is 1.43. The minimum absolute atomic E-state index is 0.0242. The van der Waals surface area contributed by atoms with Gasteiger partial charge < -0.3 is 19.5 Å². The Balaban J connectivity index is 1.71. The maximum atomic E-state index is 12.9. The average Bonchev–Trinajstić information content (AvgIpc) is 2.76. The van der Waals surface area contributed by atoms with E-state index in [1.165, 1.54) is 43.9 Å². The van der Waals surface area contributed by atoms with Gasteiger partial charge in [0.2, 0.25) is 0 Å². The predicted octanol–water partition coefficient (Wildman–Crippen LogP) is 5.73. The van der Waals surface area contributed by atoms with Crippen LogP contribution in [0.5, 0.6) is 0 Å². The van der Waals surface area contributed by atoms with Gasteiger partial charge in [-0.25, -0.2) is 4.79 Å². The maximum absolute atomic E-state index is 12.9. The second-order valence-corrected chi connectivity index (χ2v) is 17.8. The normalized spacial score (nSPS) is 19.2. The van der Waals surface area contributed by atoms with Crippen molar-refractivity contribution in [2.75, 3.05) is 45.0 Å². The van der Waals surface area contributed by atoms with Crippen molar-refractivity contribution in [3.8, 4) is 0 Å². The second kappa shape index (κ2) is 14.2. The number of carbonyl (C=O) groups is 2.